The molecule has 0 heterocycles. The van der Waals surface area contributed by atoms with Crippen LogP contribution in [0.2, 0.25) is 0 Å². The highest BCUT2D eigenvalue weighted by atomic mass is 19.4. The molecule has 0 aliphatic carbocycles. The topological polar surface area (TPSA) is 55.1 Å². The molecule has 0 spiro atoms. The Balaban J connectivity index is 4.37. The Kier molecular flexibility index (Phi) is 3.71. The van der Waals surface area contributed by atoms with E-state index in [9.17, 15) is 18.0 Å². The van der Waals surface area contributed by atoms with Crippen LogP contribution in [0.25, 0.3) is 0 Å². The van der Waals surface area contributed by atoms with Gasteiger partial charge in [0.2, 0.25) is 5.91 Å². The van der Waals surface area contributed by atoms with Gasteiger partial charge in [0.25, 0.3) is 0 Å². The Morgan fingerprint density at radius 3 is 2.23 bits per heavy atom. The number of nitrogens with one attached hydrogen (secondary N) is 1. The van der Waals surface area contributed by atoms with Crippen LogP contribution >= 0.6 is 0 Å². The Labute approximate surface area is 74.5 Å². The summed E-state index contributed by atoms with van der Waals surface area (Å²) in [6.45, 7) is 2.58. The Morgan fingerprint density at radius 1 is 1.46 bits per heavy atom. The predicted octanol–water partition coefficient (Wildman–Crippen LogP) is 0.792. The first kappa shape index (κ1) is 12.2. The van der Waals surface area contributed by atoms with Crippen molar-refractivity contribution in [3.63, 3.8) is 0 Å². The Morgan fingerprint density at radius 2 is 1.92 bits per heavy atom. The molecule has 13 heavy (non-hydrogen) atoms. The van der Waals surface area contributed by atoms with E-state index < -0.39 is 17.6 Å². The average Bonchev–Trinajstić information content (AvgIpc) is 1.97. The van der Waals surface area contributed by atoms with E-state index in [-0.39, 0.29) is 6.54 Å². The van der Waals surface area contributed by atoms with Crippen LogP contribution in [-0.4, -0.2) is 24.2 Å². The number of alkyl halides is 3. The average molecular weight is 198 g/mol. The Hall–Kier alpha value is -0.780. The van der Waals surface area contributed by atoms with Gasteiger partial charge in [0.05, 0.1) is 0 Å². The highest BCUT2D eigenvalue weighted by Crippen LogP contribution is 2.27. The van der Waals surface area contributed by atoms with Crippen molar-refractivity contribution in [1.29, 1.82) is 0 Å². The van der Waals surface area contributed by atoms with E-state index in [0.29, 0.717) is 13.3 Å². The molecule has 78 valence electrons. The second kappa shape index (κ2) is 3.95. The zero-order valence-corrected chi connectivity index (χ0v) is 7.53. The highest BCUT2D eigenvalue weighted by Gasteiger charge is 2.53. The summed E-state index contributed by atoms with van der Waals surface area (Å²) in [6, 6.07) is 0. The minimum Gasteiger partial charge on any atom is -0.354 e. The zero-order chi connectivity index (χ0) is 10.7. The number of rotatable bonds is 3. The number of carbonyl (C=O) groups excluding carboxylic acids is 1. The number of hydrogen-bond donors (Lipinski definition) is 2. The van der Waals surface area contributed by atoms with Gasteiger partial charge in [0.15, 0.2) is 5.54 Å². The third kappa shape index (κ3) is 2.87. The highest BCUT2D eigenvalue weighted by molar-refractivity contribution is 5.86. The largest absolute Gasteiger partial charge is 0.415 e. The second-order valence-electron chi connectivity index (χ2n) is 2.96. The minimum absolute atomic E-state index is 0.196. The van der Waals surface area contributed by atoms with Crippen LogP contribution in [0, 0.1) is 0 Å². The van der Waals surface area contributed by atoms with Crippen molar-refractivity contribution in [2.45, 2.75) is 32.0 Å². The van der Waals surface area contributed by atoms with Crippen molar-refractivity contribution in [1.82, 2.24) is 5.32 Å². The number of halogens is 3. The SMILES string of the molecule is CCCNC(=O)C(C)(N)C(F)(F)F. The molecule has 0 bridgehead atoms. The molecule has 0 aromatic rings. The first-order valence-electron chi connectivity index (χ1n) is 3.87. The lowest BCUT2D eigenvalue weighted by molar-refractivity contribution is -0.187. The fourth-order valence-electron chi connectivity index (χ4n) is 0.551. The fraction of sp³-hybridized carbons (Fsp3) is 0.857. The molecule has 1 amide bonds. The second-order valence-corrected chi connectivity index (χ2v) is 2.96. The summed E-state index contributed by atoms with van der Waals surface area (Å²) in [4.78, 5) is 10.9. The van der Waals surface area contributed by atoms with Crippen molar-refractivity contribution in [3.05, 3.63) is 0 Å². The van der Waals surface area contributed by atoms with E-state index in [4.69, 9.17) is 5.73 Å². The molecule has 3 nitrogen and oxygen atoms in total. The van der Waals surface area contributed by atoms with Crippen molar-refractivity contribution in [3.8, 4) is 0 Å². The van der Waals surface area contributed by atoms with Crippen LogP contribution in [0.4, 0.5) is 13.2 Å². The summed E-state index contributed by atoms with van der Waals surface area (Å²) >= 11 is 0. The molecule has 6 heteroatoms. The van der Waals surface area contributed by atoms with Crippen molar-refractivity contribution in [2.75, 3.05) is 6.54 Å². The molecule has 0 saturated carbocycles. The molecule has 1 atom stereocenters. The molecule has 0 aromatic carbocycles. The lowest BCUT2D eigenvalue weighted by Crippen LogP contribution is -2.61. The van der Waals surface area contributed by atoms with Gasteiger partial charge in [-0.3, -0.25) is 4.79 Å². The third-order valence-corrected chi connectivity index (χ3v) is 1.60. The maximum atomic E-state index is 12.1. The van der Waals surface area contributed by atoms with Gasteiger partial charge in [-0.2, -0.15) is 13.2 Å². The van der Waals surface area contributed by atoms with E-state index in [1.165, 1.54) is 0 Å². The van der Waals surface area contributed by atoms with Gasteiger partial charge < -0.3 is 11.1 Å². The summed E-state index contributed by atoms with van der Waals surface area (Å²) in [6.07, 6.45) is -4.15. The van der Waals surface area contributed by atoms with Gasteiger partial charge in [0, 0.05) is 6.54 Å². The van der Waals surface area contributed by atoms with Crippen LogP contribution < -0.4 is 11.1 Å². The molecular weight excluding hydrogens is 185 g/mol. The van der Waals surface area contributed by atoms with Gasteiger partial charge in [-0.25, -0.2) is 0 Å². The molecule has 0 rings (SSSR count). The van der Waals surface area contributed by atoms with E-state index in [1.54, 1.807) is 6.92 Å². The van der Waals surface area contributed by atoms with E-state index in [2.05, 4.69) is 5.32 Å². The summed E-state index contributed by atoms with van der Waals surface area (Å²) < 4.78 is 36.4. The first-order valence-corrected chi connectivity index (χ1v) is 3.87. The molecule has 0 aliphatic heterocycles. The first-order chi connectivity index (χ1) is 5.73. The molecule has 0 radical (unpaired) electrons. The fourth-order valence-corrected chi connectivity index (χ4v) is 0.551. The summed E-state index contributed by atoms with van der Waals surface area (Å²) in [5.41, 5.74) is 2.04. The van der Waals surface area contributed by atoms with Crippen LogP contribution in [0.1, 0.15) is 20.3 Å². The van der Waals surface area contributed by atoms with Crippen LogP contribution in [0.3, 0.4) is 0 Å². The standard InChI is InChI=1S/C7H13F3N2O/c1-3-4-12-5(13)6(2,11)7(8,9)10/h3-4,11H2,1-2H3,(H,12,13). The normalized spacial score (nSPS) is 16.5. The number of nitrogens with two attached hydrogens (primary N) is 1. The molecule has 0 saturated heterocycles. The molecule has 0 aromatic heterocycles. The van der Waals surface area contributed by atoms with Gasteiger partial charge in [-0.05, 0) is 13.3 Å². The van der Waals surface area contributed by atoms with Gasteiger partial charge in [-0.1, -0.05) is 6.92 Å². The van der Waals surface area contributed by atoms with Gasteiger partial charge >= 0.3 is 6.18 Å². The van der Waals surface area contributed by atoms with Crippen molar-refractivity contribution < 1.29 is 18.0 Å². The van der Waals surface area contributed by atoms with E-state index in [1.807, 2.05) is 0 Å². The van der Waals surface area contributed by atoms with Gasteiger partial charge in [-0.15, -0.1) is 0 Å². The molecule has 3 N–H and O–H groups in total. The lowest BCUT2D eigenvalue weighted by Gasteiger charge is -2.25. The summed E-state index contributed by atoms with van der Waals surface area (Å²) in [5.74, 6) is -1.19. The smallest absolute Gasteiger partial charge is 0.354 e. The molecule has 0 aliphatic rings. The maximum absolute atomic E-state index is 12.1. The van der Waals surface area contributed by atoms with Crippen molar-refractivity contribution >= 4 is 5.91 Å². The van der Waals surface area contributed by atoms with Crippen LogP contribution in [-0.2, 0) is 4.79 Å². The quantitative estimate of drug-likeness (QED) is 0.704. The monoisotopic (exact) mass is 198 g/mol. The molecule has 1 unspecified atom stereocenters. The predicted molar refractivity (Wildman–Crippen MR) is 41.9 cm³/mol. The zero-order valence-electron chi connectivity index (χ0n) is 7.53. The maximum Gasteiger partial charge on any atom is 0.415 e. The third-order valence-electron chi connectivity index (χ3n) is 1.60. The van der Waals surface area contributed by atoms with Crippen molar-refractivity contribution in [2.24, 2.45) is 5.73 Å². The summed E-state index contributed by atoms with van der Waals surface area (Å²) in [7, 11) is 0. The minimum atomic E-state index is -4.72. The number of amides is 1. The molecular formula is C7H13F3N2O. The number of carbonyl (C=O) groups is 1. The van der Waals surface area contributed by atoms with Gasteiger partial charge in [0.1, 0.15) is 0 Å². The molecule has 0 fully saturated rings. The van der Waals surface area contributed by atoms with Crippen LogP contribution in [0.5, 0.6) is 0 Å². The summed E-state index contributed by atoms with van der Waals surface area (Å²) in [5, 5.41) is 2.10. The number of hydrogen-bond acceptors (Lipinski definition) is 2. The Bertz CT molecular complexity index is 189. The van der Waals surface area contributed by atoms with E-state index >= 15 is 0 Å². The van der Waals surface area contributed by atoms with Crippen LogP contribution in [0.15, 0.2) is 0 Å². The lowest BCUT2D eigenvalue weighted by atomic mass is 10.0. The van der Waals surface area contributed by atoms with E-state index in [0.717, 1.165) is 0 Å².